The van der Waals surface area contributed by atoms with Gasteiger partial charge in [-0.2, -0.15) is 0 Å². The molecule has 0 radical (unpaired) electrons. The predicted molar refractivity (Wildman–Crippen MR) is 230 cm³/mol. The quantitative estimate of drug-likeness (QED) is 0.0771. The van der Waals surface area contributed by atoms with E-state index in [4.69, 9.17) is 4.74 Å². The fourth-order valence-corrected chi connectivity index (χ4v) is 7.80. The van der Waals surface area contributed by atoms with E-state index in [-0.39, 0.29) is 84.2 Å². The number of aryl methyl sites for hydroxylation is 3. The lowest BCUT2D eigenvalue weighted by molar-refractivity contribution is -0.136. The van der Waals surface area contributed by atoms with Crippen LogP contribution in [0.2, 0.25) is 0 Å². The molecule has 4 N–H and O–H groups in total. The molecule has 0 bridgehead atoms. The normalized spacial score (nSPS) is 14.6. The lowest BCUT2D eigenvalue weighted by atomic mass is 10.0. The SMILES string of the molecule is Cc1ccc(C(=O)NCCc2cn(CCCC(=O)NCCNc3cccc4c3C(=O)N(C3CCC(=O)NC3=O)C4=O)nn2)cc1-n1c(C)cc(OCc2ccc(F)cc2F)c(Br)c1=O. The Morgan fingerprint density at radius 2 is 1.77 bits per heavy atom. The Kier molecular flexibility index (Phi) is 13.7. The Hall–Kier alpha value is -7.09. The van der Waals surface area contributed by atoms with E-state index in [1.807, 2.05) is 6.92 Å². The Morgan fingerprint density at radius 3 is 2.55 bits per heavy atom. The Morgan fingerprint density at radius 1 is 0.953 bits per heavy atom. The van der Waals surface area contributed by atoms with Gasteiger partial charge in [-0.25, -0.2) is 8.78 Å². The molecule has 332 valence electrons. The number of carbonyl (C=O) groups excluding carboxylic acids is 6. The number of amides is 6. The fraction of sp³-hybridized carbons (Fsp3) is 0.295. The Balaban J connectivity index is 0.838. The van der Waals surface area contributed by atoms with Gasteiger partial charge >= 0.3 is 0 Å². The smallest absolute Gasteiger partial charge is 0.273 e. The first-order valence-electron chi connectivity index (χ1n) is 20.3. The van der Waals surface area contributed by atoms with Crippen molar-refractivity contribution in [2.24, 2.45) is 0 Å². The lowest BCUT2D eigenvalue weighted by Crippen LogP contribution is -2.54. The molecule has 1 fully saturated rings. The number of pyridine rings is 1. The largest absolute Gasteiger partial charge is 0.487 e. The van der Waals surface area contributed by atoms with Crippen LogP contribution < -0.4 is 31.6 Å². The third-order valence-electron chi connectivity index (χ3n) is 10.7. The summed E-state index contributed by atoms with van der Waals surface area (Å²) < 4.78 is 36.3. The first kappa shape index (κ1) is 44.9. The number of nitrogens with one attached hydrogen (secondary N) is 4. The van der Waals surface area contributed by atoms with Crippen molar-refractivity contribution >= 4 is 57.1 Å². The Bertz CT molecular complexity index is 2760. The summed E-state index contributed by atoms with van der Waals surface area (Å²) in [6, 6.07) is 13.4. The van der Waals surface area contributed by atoms with Gasteiger partial charge in [0.25, 0.3) is 23.3 Å². The first-order valence-corrected chi connectivity index (χ1v) is 21.1. The number of fused-ring (bicyclic) bond motifs is 1. The zero-order valence-corrected chi connectivity index (χ0v) is 36.2. The van der Waals surface area contributed by atoms with Crippen molar-refractivity contribution in [3.63, 3.8) is 0 Å². The van der Waals surface area contributed by atoms with Crippen molar-refractivity contribution in [2.75, 3.05) is 25.0 Å². The van der Waals surface area contributed by atoms with Crippen molar-refractivity contribution in [3.8, 4) is 11.4 Å². The van der Waals surface area contributed by atoms with Crippen LogP contribution in [-0.4, -0.2) is 85.6 Å². The maximum atomic E-state index is 14.2. The molecule has 4 heterocycles. The highest BCUT2D eigenvalue weighted by atomic mass is 79.9. The van der Waals surface area contributed by atoms with E-state index >= 15 is 0 Å². The highest BCUT2D eigenvalue weighted by Crippen LogP contribution is 2.32. The van der Waals surface area contributed by atoms with Crippen LogP contribution in [0, 0.1) is 25.5 Å². The third-order valence-corrected chi connectivity index (χ3v) is 11.4. The van der Waals surface area contributed by atoms with E-state index in [0.717, 1.165) is 22.6 Å². The molecular weight excluding hydrogens is 900 g/mol. The molecule has 7 rings (SSSR count). The first-order chi connectivity index (χ1) is 30.7. The van der Waals surface area contributed by atoms with Crippen molar-refractivity contribution in [2.45, 2.75) is 65.1 Å². The number of halogens is 3. The summed E-state index contributed by atoms with van der Waals surface area (Å²) in [7, 11) is 0. The number of hydrogen-bond donors (Lipinski definition) is 4. The minimum Gasteiger partial charge on any atom is -0.487 e. The van der Waals surface area contributed by atoms with Crippen LogP contribution in [0.3, 0.4) is 0 Å². The number of rotatable bonds is 17. The predicted octanol–water partition coefficient (Wildman–Crippen LogP) is 4.05. The standard InChI is InChI=1S/C44H42BrF2N9O8/c1-24-8-9-26(20-34(24)55-25(2)19-35(39(45)44(55)63)64-23-27-10-11-28(46)21-31(27)47)40(59)50-15-14-29-22-54(53-52-29)18-4-7-36(57)49-17-16-48-32-6-3-5-30-38(32)43(62)56(42(30)61)33-12-13-37(58)51-41(33)60/h3,5-6,8-11,19-22,33,48H,4,7,12-18,23H2,1-2H3,(H,49,57)(H,50,59)(H,51,58,60). The number of benzene rings is 3. The maximum absolute atomic E-state index is 14.2. The van der Waals surface area contributed by atoms with E-state index < -0.39 is 46.9 Å². The van der Waals surface area contributed by atoms with E-state index in [9.17, 15) is 42.3 Å². The maximum Gasteiger partial charge on any atom is 0.273 e. The molecule has 17 nitrogen and oxygen atoms in total. The Labute approximate surface area is 372 Å². The number of anilines is 1. The van der Waals surface area contributed by atoms with Gasteiger partial charge in [0, 0.05) is 86.3 Å². The number of ether oxygens (including phenoxy) is 1. The third kappa shape index (κ3) is 9.91. The van der Waals surface area contributed by atoms with Crippen LogP contribution in [0.5, 0.6) is 5.75 Å². The van der Waals surface area contributed by atoms with Gasteiger partial charge < -0.3 is 20.7 Å². The summed E-state index contributed by atoms with van der Waals surface area (Å²) in [4.78, 5) is 90.5. The summed E-state index contributed by atoms with van der Waals surface area (Å²) in [6.45, 7) is 4.43. The molecule has 1 unspecified atom stereocenters. The molecule has 0 saturated carbocycles. The van der Waals surface area contributed by atoms with Crippen molar-refractivity contribution in [1.29, 1.82) is 0 Å². The summed E-state index contributed by atoms with van der Waals surface area (Å²) >= 11 is 3.30. The highest BCUT2D eigenvalue weighted by molar-refractivity contribution is 9.10. The van der Waals surface area contributed by atoms with E-state index in [1.165, 1.54) is 16.7 Å². The van der Waals surface area contributed by atoms with Gasteiger partial charge in [-0.1, -0.05) is 17.3 Å². The summed E-state index contributed by atoms with van der Waals surface area (Å²) in [5, 5.41) is 19.2. The fourth-order valence-electron chi connectivity index (χ4n) is 7.39. The van der Waals surface area contributed by atoms with Gasteiger partial charge in [-0.3, -0.25) is 53.0 Å². The molecule has 0 aliphatic carbocycles. The molecule has 0 spiro atoms. The van der Waals surface area contributed by atoms with Gasteiger partial charge in [0.15, 0.2) is 0 Å². The van der Waals surface area contributed by atoms with Crippen molar-refractivity contribution in [3.05, 3.63) is 133 Å². The van der Waals surface area contributed by atoms with Crippen LogP contribution in [0.1, 0.15) is 79.3 Å². The highest BCUT2D eigenvalue weighted by Gasteiger charge is 2.45. The topological polar surface area (TPSA) is 216 Å². The van der Waals surface area contributed by atoms with E-state index in [1.54, 1.807) is 54.2 Å². The molecule has 1 saturated heterocycles. The average molecular weight is 943 g/mol. The second-order valence-corrected chi connectivity index (χ2v) is 16.0. The molecule has 3 aromatic carbocycles. The molecule has 1 atom stereocenters. The van der Waals surface area contributed by atoms with Gasteiger partial charge in [0.1, 0.15) is 34.5 Å². The number of hydrogen-bond acceptors (Lipinski definition) is 11. The van der Waals surface area contributed by atoms with Crippen molar-refractivity contribution in [1.82, 2.24) is 40.4 Å². The monoisotopic (exact) mass is 941 g/mol. The van der Waals surface area contributed by atoms with Crippen LogP contribution in [-0.2, 0) is 34.0 Å². The van der Waals surface area contributed by atoms with Gasteiger partial charge in [0.05, 0.1) is 22.5 Å². The van der Waals surface area contributed by atoms with Gasteiger partial charge in [-0.15, -0.1) is 5.10 Å². The summed E-state index contributed by atoms with van der Waals surface area (Å²) in [6.07, 6.45) is 2.87. The lowest BCUT2D eigenvalue weighted by Gasteiger charge is -2.27. The molecule has 64 heavy (non-hydrogen) atoms. The van der Waals surface area contributed by atoms with Crippen LogP contribution in [0.25, 0.3) is 5.69 Å². The molecule has 2 aliphatic heterocycles. The van der Waals surface area contributed by atoms with E-state index in [2.05, 4.69) is 47.5 Å². The number of piperidine rings is 1. The second-order valence-electron chi connectivity index (χ2n) is 15.2. The molecular formula is C44H42BrF2N9O8. The zero-order chi connectivity index (χ0) is 45.7. The van der Waals surface area contributed by atoms with Crippen molar-refractivity contribution < 1.29 is 42.3 Å². The summed E-state index contributed by atoms with van der Waals surface area (Å²) in [5.41, 5.74) is 3.00. The molecule has 6 amide bonds. The van der Waals surface area contributed by atoms with Crippen LogP contribution >= 0.6 is 15.9 Å². The summed E-state index contributed by atoms with van der Waals surface area (Å²) in [5.74, 6) is -4.24. The zero-order valence-electron chi connectivity index (χ0n) is 34.6. The molecule has 20 heteroatoms. The number of aromatic nitrogens is 4. The van der Waals surface area contributed by atoms with Gasteiger partial charge in [0.2, 0.25) is 17.7 Å². The number of carbonyl (C=O) groups is 6. The minimum absolute atomic E-state index is 0.0209. The van der Waals surface area contributed by atoms with Crippen LogP contribution in [0.4, 0.5) is 14.5 Å². The molecule has 2 aliphatic rings. The second kappa shape index (κ2) is 19.5. The average Bonchev–Trinajstić information content (AvgIpc) is 3.82. The molecule has 2 aromatic heterocycles. The van der Waals surface area contributed by atoms with E-state index in [0.29, 0.717) is 47.7 Å². The number of nitrogens with zero attached hydrogens (tertiary/aromatic N) is 5. The van der Waals surface area contributed by atoms with Crippen LogP contribution in [0.15, 0.2) is 76.1 Å². The molecule has 5 aromatic rings. The number of imide groups is 2. The minimum atomic E-state index is -1.07. The van der Waals surface area contributed by atoms with Gasteiger partial charge in [-0.05, 0) is 84.6 Å².